The average Bonchev–Trinajstić information content (AvgIpc) is 3.05. The second kappa shape index (κ2) is 6.32. The lowest BCUT2D eigenvalue weighted by atomic mass is 10.0. The number of fused-ring (bicyclic) bond motifs is 1. The maximum absolute atomic E-state index is 12.6. The van der Waals surface area contributed by atoms with Crippen molar-refractivity contribution in [2.45, 2.75) is 26.8 Å². The minimum atomic E-state index is -0.578. The molecule has 2 aromatic heterocycles. The van der Waals surface area contributed by atoms with Crippen LogP contribution >= 0.6 is 11.3 Å². The van der Waals surface area contributed by atoms with Crippen molar-refractivity contribution in [3.63, 3.8) is 0 Å². The maximum Gasteiger partial charge on any atom is 0.274 e. The summed E-state index contributed by atoms with van der Waals surface area (Å²) >= 11 is 1.29. The molecule has 25 heavy (non-hydrogen) atoms. The van der Waals surface area contributed by atoms with Crippen LogP contribution in [0.4, 0.5) is 5.00 Å². The molecule has 3 N–H and O–H groups in total. The molecule has 0 bridgehead atoms. The number of hydrogen-bond acceptors (Lipinski definition) is 5. The smallest absolute Gasteiger partial charge is 0.274 e. The number of nitrogens with one attached hydrogen (secondary N) is 1. The number of primary amides is 1. The molecule has 0 unspecified atom stereocenters. The number of thiophene rings is 1. The minimum absolute atomic E-state index is 0.0178. The Morgan fingerprint density at radius 1 is 1.36 bits per heavy atom. The van der Waals surface area contributed by atoms with Gasteiger partial charge in [0.15, 0.2) is 0 Å². The fourth-order valence-corrected chi connectivity index (χ4v) is 4.32. The number of hydrogen-bond donors (Lipinski definition) is 2. The van der Waals surface area contributed by atoms with Gasteiger partial charge in [0.25, 0.3) is 11.8 Å². The zero-order chi connectivity index (χ0) is 18.3. The van der Waals surface area contributed by atoms with Crippen LogP contribution in [0.3, 0.4) is 0 Å². The van der Waals surface area contributed by atoms with Gasteiger partial charge in [0, 0.05) is 25.4 Å². The highest BCUT2D eigenvalue weighted by Crippen LogP contribution is 2.37. The third-order valence-electron chi connectivity index (χ3n) is 4.31. The zero-order valence-corrected chi connectivity index (χ0v) is 15.1. The number of anilines is 1. The van der Waals surface area contributed by atoms with Gasteiger partial charge >= 0.3 is 0 Å². The molecule has 8 nitrogen and oxygen atoms in total. The number of rotatable bonds is 3. The highest BCUT2D eigenvalue weighted by Gasteiger charge is 2.29. The number of aryl methyl sites for hydroxylation is 2. The van der Waals surface area contributed by atoms with Crippen LogP contribution in [0.1, 0.15) is 43.8 Å². The van der Waals surface area contributed by atoms with Gasteiger partial charge in [-0.3, -0.25) is 19.1 Å². The molecule has 3 rings (SSSR count). The third-order valence-corrected chi connectivity index (χ3v) is 5.44. The zero-order valence-electron chi connectivity index (χ0n) is 14.3. The molecule has 0 aliphatic carbocycles. The van der Waals surface area contributed by atoms with Gasteiger partial charge in [0.05, 0.1) is 18.3 Å². The molecule has 1 aliphatic rings. The molecule has 2 aromatic rings. The number of aromatic nitrogens is 2. The topological polar surface area (TPSA) is 110 Å². The van der Waals surface area contributed by atoms with Crippen molar-refractivity contribution >= 4 is 34.1 Å². The highest BCUT2D eigenvalue weighted by atomic mass is 32.1. The largest absolute Gasteiger partial charge is 0.365 e. The molecule has 0 saturated heterocycles. The van der Waals surface area contributed by atoms with Crippen LogP contribution in [0, 0.1) is 6.92 Å². The first-order valence-electron chi connectivity index (χ1n) is 7.79. The summed E-state index contributed by atoms with van der Waals surface area (Å²) in [6.45, 7) is 4.27. The summed E-state index contributed by atoms with van der Waals surface area (Å²) in [5, 5.41) is 7.27. The monoisotopic (exact) mass is 361 g/mol. The predicted octanol–water partition coefficient (Wildman–Crippen LogP) is 1.05. The van der Waals surface area contributed by atoms with Gasteiger partial charge in [0.2, 0.25) is 5.91 Å². The molecule has 1 aliphatic heterocycles. The Labute approximate surface area is 148 Å². The van der Waals surface area contributed by atoms with Gasteiger partial charge in [-0.15, -0.1) is 11.3 Å². The predicted molar refractivity (Wildman–Crippen MR) is 93.5 cm³/mol. The number of carbonyl (C=O) groups excluding carboxylic acids is 3. The molecular weight excluding hydrogens is 342 g/mol. The lowest BCUT2D eigenvalue weighted by Crippen LogP contribution is -2.34. The summed E-state index contributed by atoms with van der Waals surface area (Å²) in [4.78, 5) is 38.7. The van der Waals surface area contributed by atoms with E-state index in [0.29, 0.717) is 35.8 Å². The molecular formula is C16H19N5O3S. The van der Waals surface area contributed by atoms with E-state index in [1.165, 1.54) is 22.9 Å². The minimum Gasteiger partial charge on any atom is -0.365 e. The van der Waals surface area contributed by atoms with Gasteiger partial charge in [-0.25, -0.2) is 0 Å². The van der Waals surface area contributed by atoms with E-state index in [-0.39, 0.29) is 11.8 Å². The van der Waals surface area contributed by atoms with Crippen molar-refractivity contribution in [3.05, 3.63) is 33.5 Å². The van der Waals surface area contributed by atoms with Crippen molar-refractivity contribution in [2.24, 2.45) is 12.8 Å². The number of nitrogens with two attached hydrogens (primary N) is 1. The summed E-state index contributed by atoms with van der Waals surface area (Å²) in [5.74, 6) is -0.941. The van der Waals surface area contributed by atoms with Gasteiger partial charge in [-0.2, -0.15) is 5.10 Å². The lowest BCUT2D eigenvalue weighted by Gasteiger charge is -2.25. The van der Waals surface area contributed by atoms with Gasteiger partial charge in [0.1, 0.15) is 10.7 Å². The molecule has 0 atom stereocenters. The first kappa shape index (κ1) is 17.2. The summed E-state index contributed by atoms with van der Waals surface area (Å²) in [6.07, 6.45) is 2.15. The summed E-state index contributed by atoms with van der Waals surface area (Å²) in [6, 6.07) is 0. The van der Waals surface area contributed by atoms with Crippen LogP contribution in [0.2, 0.25) is 0 Å². The second-order valence-corrected chi connectivity index (χ2v) is 7.12. The van der Waals surface area contributed by atoms with Crippen LogP contribution in [0.5, 0.6) is 0 Å². The maximum atomic E-state index is 12.6. The molecule has 132 valence electrons. The van der Waals surface area contributed by atoms with E-state index in [1.807, 2.05) is 0 Å². The van der Waals surface area contributed by atoms with E-state index < -0.39 is 5.91 Å². The van der Waals surface area contributed by atoms with E-state index in [9.17, 15) is 14.4 Å². The quantitative estimate of drug-likeness (QED) is 0.851. The molecule has 0 fully saturated rings. The van der Waals surface area contributed by atoms with Crippen molar-refractivity contribution in [3.8, 4) is 0 Å². The number of amides is 3. The highest BCUT2D eigenvalue weighted by molar-refractivity contribution is 7.17. The third kappa shape index (κ3) is 3.02. The van der Waals surface area contributed by atoms with Crippen LogP contribution in [-0.4, -0.2) is 38.9 Å². The molecule has 3 amide bonds. The molecule has 9 heteroatoms. The molecule has 3 heterocycles. The first-order valence-corrected chi connectivity index (χ1v) is 8.61. The normalized spacial score (nSPS) is 13.5. The van der Waals surface area contributed by atoms with Gasteiger partial charge in [-0.1, -0.05) is 0 Å². The Hall–Kier alpha value is -2.68. The van der Waals surface area contributed by atoms with Crippen molar-refractivity contribution in [2.75, 3.05) is 11.9 Å². The van der Waals surface area contributed by atoms with E-state index in [0.717, 1.165) is 16.0 Å². The van der Waals surface area contributed by atoms with Crippen molar-refractivity contribution in [1.29, 1.82) is 0 Å². The van der Waals surface area contributed by atoms with Crippen molar-refractivity contribution in [1.82, 2.24) is 14.7 Å². The van der Waals surface area contributed by atoms with E-state index >= 15 is 0 Å². The average molecular weight is 361 g/mol. The van der Waals surface area contributed by atoms with Crippen LogP contribution in [-0.2, 0) is 24.8 Å². The second-order valence-electron chi connectivity index (χ2n) is 6.02. The van der Waals surface area contributed by atoms with Crippen LogP contribution in [0.15, 0.2) is 6.20 Å². The standard InChI is InChI=1S/C16H19N5O3S/c1-8-6-18-20(3)13(8)15(24)19-16-12(14(17)23)10-4-5-21(9(2)22)7-11(10)25-16/h6H,4-5,7H2,1-3H3,(H2,17,23)(H,19,24). The molecule has 0 saturated carbocycles. The Bertz CT molecular complexity index is 863. The summed E-state index contributed by atoms with van der Waals surface area (Å²) in [7, 11) is 1.68. The molecule has 0 spiro atoms. The first-order chi connectivity index (χ1) is 11.8. The fourth-order valence-electron chi connectivity index (χ4n) is 3.06. The van der Waals surface area contributed by atoms with Crippen LogP contribution in [0.25, 0.3) is 0 Å². The fraction of sp³-hybridized carbons (Fsp3) is 0.375. The van der Waals surface area contributed by atoms with Gasteiger partial charge in [-0.05, 0) is 24.5 Å². The lowest BCUT2D eigenvalue weighted by molar-refractivity contribution is -0.129. The molecule has 0 radical (unpaired) electrons. The van der Waals surface area contributed by atoms with Gasteiger partial charge < -0.3 is 16.0 Å². The summed E-state index contributed by atoms with van der Waals surface area (Å²) in [5.41, 5.74) is 7.88. The Balaban J connectivity index is 1.96. The van der Waals surface area contributed by atoms with E-state index in [1.54, 1.807) is 25.1 Å². The Morgan fingerprint density at radius 3 is 2.64 bits per heavy atom. The number of nitrogens with zero attached hydrogens (tertiary/aromatic N) is 3. The summed E-state index contributed by atoms with van der Waals surface area (Å²) < 4.78 is 1.49. The Kier molecular flexibility index (Phi) is 4.34. The van der Waals surface area contributed by atoms with Crippen LogP contribution < -0.4 is 11.1 Å². The van der Waals surface area contributed by atoms with E-state index in [2.05, 4.69) is 10.4 Å². The van der Waals surface area contributed by atoms with Crippen molar-refractivity contribution < 1.29 is 14.4 Å². The Morgan fingerprint density at radius 2 is 2.08 bits per heavy atom. The molecule has 0 aromatic carbocycles. The SMILES string of the molecule is CC(=O)N1CCc2c(sc(NC(=O)c3c(C)cnn3C)c2C(N)=O)C1. The van der Waals surface area contributed by atoms with E-state index in [4.69, 9.17) is 5.73 Å². The number of carbonyl (C=O) groups is 3.